The predicted molar refractivity (Wildman–Crippen MR) is 80.0 cm³/mol. The van der Waals surface area contributed by atoms with E-state index in [0.717, 1.165) is 24.0 Å². The lowest BCUT2D eigenvalue weighted by molar-refractivity contribution is 0.0681. The van der Waals surface area contributed by atoms with Crippen LogP contribution >= 0.6 is 0 Å². The summed E-state index contributed by atoms with van der Waals surface area (Å²) in [5, 5.41) is 34.6. The molecule has 1 aliphatic carbocycles. The minimum atomic E-state index is -1.06. The van der Waals surface area contributed by atoms with Gasteiger partial charge in [0, 0.05) is 0 Å². The number of carboxylic acid groups (broad SMARTS) is 2. The van der Waals surface area contributed by atoms with E-state index in [9.17, 15) is 9.59 Å². The first-order chi connectivity index (χ1) is 10.5. The zero-order valence-corrected chi connectivity index (χ0v) is 12.2. The number of carbonyl (C=O) groups is 2. The van der Waals surface area contributed by atoms with Crippen molar-refractivity contribution in [3.05, 3.63) is 46.5 Å². The fourth-order valence-corrected chi connectivity index (χ4v) is 2.17. The van der Waals surface area contributed by atoms with Crippen molar-refractivity contribution in [2.75, 3.05) is 13.2 Å². The Labute approximate surface area is 128 Å². The van der Waals surface area contributed by atoms with Gasteiger partial charge >= 0.3 is 11.9 Å². The molecule has 6 heteroatoms. The van der Waals surface area contributed by atoms with Crippen molar-refractivity contribution in [3.63, 3.8) is 0 Å². The maximum Gasteiger partial charge on any atom is 0.335 e. The summed E-state index contributed by atoms with van der Waals surface area (Å²) in [6.45, 7) is 0.270. The minimum Gasteiger partial charge on any atom is -0.478 e. The first kappa shape index (κ1) is 17.9. The second-order valence-electron chi connectivity index (χ2n) is 4.92. The second kappa shape index (κ2) is 8.96. The SMILES string of the molecule is O=C(O)c1ccc(C(=O)O)cc1.OCC1=C(CO)CCCC1. The van der Waals surface area contributed by atoms with E-state index in [1.807, 2.05) is 0 Å². The Morgan fingerprint density at radius 1 is 0.773 bits per heavy atom. The van der Waals surface area contributed by atoms with E-state index in [0.29, 0.717) is 0 Å². The number of hydrogen-bond acceptors (Lipinski definition) is 4. The van der Waals surface area contributed by atoms with Crippen LogP contribution in [0.1, 0.15) is 46.4 Å². The Hall–Kier alpha value is -2.18. The van der Waals surface area contributed by atoms with Crippen LogP contribution in [0.5, 0.6) is 0 Å². The summed E-state index contributed by atoms with van der Waals surface area (Å²) in [4.78, 5) is 20.7. The molecule has 22 heavy (non-hydrogen) atoms. The molecule has 0 unspecified atom stereocenters. The van der Waals surface area contributed by atoms with Crippen LogP contribution in [0.2, 0.25) is 0 Å². The van der Waals surface area contributed by atoms with E-state index >= 15 is 0 Å². The Balaban J connectivity index is 0.000000224. The molecule has 0 radical (unpaired) electrons. The van der Waals surface area contributed by atoms with Crippen molar-refractivity contribution >= 4 is 11.9 Å². The molecule has 0 atom stereocenters. The molecule has 1 aromatic rings. The molecule has 0 bridgehead atoms. The molecule has 4 N–H and O–H groups in total. The van der Waals surface area contributed by atoms with E-state index in [-0.39, 0.29) is 24.3 Å². The number of carboxylic acids is 2. The van der Waals surface area contributed by atoms with Crippen LogP contribution in [0.4, 0.5) is 0 Å². The van der Waals surface area contributed by atoms with Crippen LogP contribution in [0, 0.1) is 0 Å². The van der Waals surface area contributed by atoms with E-state index in [1.54, 1.807) is 0 Å². The first-order valence-corrected chi connectivity index (χ1v) is 6.97. The van der Waals surface area contributed by atoms with E-state index in [1.165, 1.54) is 37.1 Å². The van der Waals surface area contributed by atoms with Crippen molar-refractivity contribution in [1.29, 1.82) is 0 Å². The van der Waals surface area contributed by atoms with Crippen molar-refractivity contribution in [2.45, 2.75) is 25.7 Å². The molecule has 0 fully saturated rings. The maximum absolute atomic E-state index is 10.3. The molecule has 6 nitrogen and oxygen atoms in total. The van der Waals surface area contributed by atoms with Crippen LogP contribution in [-0.2, 0) is 0 Å². The number of aromatic carboxylic acids is 2. The molecule has 2 rings (SSSR count). The number of aliphatic hydroxyl groups is 2. The van der Waals surface area contributed by atoms with Gasteiger partial charge in [-0.3, -0.25) is 0 Å². The minimum absolute atomic E-state index is 0.0833. The van der Waals surface area contributed by atoms with Crippen LogP contribution < -0.4 is 0 Å². The molecule has 120 valence electrons. The summed E-state index contributed by atoms with van der Waals surface area (Å²) in [6, 6.07) is 5.02. The van der Waals surface area contributed by atoms with Crippen LogP contribution in [0.15, 0.2) is 35.4 Å². The van der Waals surface area contributed by atoms with E-state index in [2.05, 4.69) is 0 Å². The highest BCUT2D eigenvalue weighted by Gasteiger charge is 2.10. The van der Waals surface area contributed by atoms with Crippen molar-refractivity contribution in [2.24, 2.45) is 0 Å². The zero-order chi connectivity index (χ0) is 16.5. The fraction of sp³-hybridized carbons (Fsp3) is 0.375. The van der Waals surface area contributed by atoms with Gasteiger partial charge in [-0.1, -0.05) is 0 Å². The summed E-state index contributed by atoms with van der Waals surface area (Å²) >= 11 is 0. The Morgan fingerprint density at radius 3 is 1.32 bits per heavy atom. The largest absolute Gasteiger partial charge is 0.478 e. The molecular weight excluding hydrogens is 288 g/mol. The van der Waals surface area contributed by atoms with Crippen LogP contribution in [0.3, 0.4) is 0 Å². The van der Waals surface area contributed by atoms with E-state index in [4.69, 9.17) is 20.4 Å². The summed E-state index contributed by atoms with van der Waals surface area (Å²) in [5.74, 6) is -2.13. The molecule has 0 saturated carbocycles. The molecule has 0 aromatic heterocycles. The normalized spacial score (nSPS) is 14.1. The molecule has 0 amide bonds. The van der Waals surface area contributed by atoms with Gasteiger partial charge in [-0.2, -0.15) is 0 Å². The third-order valence-electron chi connectivity index (χ3n) is 3.47. The van der Waals surface area contributed by atoms with Gasteiger partial charge in [0.25, 0.3) is 0 Å². The quantitative estimate of drug-likeness (QED) is 0.632. The average molecular weight is 308 g/mol. The highest BCUT2D eigenvalue weighted by atomic mass is 16.4. The summed E-state index contributed by atoms with van der Waals surface area (Å²) in [7, 11) is 0. The first-order valence-electron chi connectivity index (χ1n) is 6.97. The monoisotopic (exact) mass is 308 g/mol. The van der Waals surface area contributed by atoms with Gasteiger partial charge in [-0.25, -0.2) is 9.59 Å². The third-order valence-corrected chi connectivity index (χ3v) is 3.47. The van der Waals surface area contributed by atoms with Crippen molar-refractivity contribution < 1.29 is 30.0 Å². The fourth-order valence-electron chi connectivity index (χ4n) is 2.17. The van der Waals surface area contributed by atoms with Gasteiger partial charge in [0.15, 0.2) is 0 Å². The van der Waals surface area contributed by atoms with Crippen LogP contribution in [-0.4, -0.2) is 45.6 Å². The summed E-state index contributed by atoms with van der Waals surface area (Å²) in [5.41, 5.74) is 2.29. The van der Waals surface area contributed by atoms with Gasteiger partial charge in [0.2, 0.25) is 0 Å². The molecular formula is C16H20O6. The number of hydrogen-bond donors (Lipinski definition) is 4. The lowest BCUT2D eigenvalue weighted by atomic mass is 9.93. The topological polar surface area (TPSA) is 115 Å². The Kier molecular flexibility index (Phi) is 7.28. The third kappa shape index (κ3) is 5.31. The maximum atomic E-state index is 10.3. The van der Waals surface area contributed by atoms with Gasteiger partial charge in [0.05, 0.1) is 24.3 Å². The number of aliphatic hydroxyl groups excluding tert-OH is 2. The highest BCUT2D eigenvalue weighted by Crippen LogP contribution is 2.23. The molecule has 0 heterocycles. The Bertz CT molecular complexity index is 495. The lowest BCUT2D eigenvalue weighted by Crippen LogP contribution is -2.06. The lowest BCUT2D eigenvalue weighted by Gasteiger charge is -2.16. The number of benzene rings is 1. The predicted octanol–water partition coefficient (Wildman–Crippen LogP) is 1.92. The van der Waals surface area contributed by atoms with Gasteiger partial charge in [-0.05, 0) is 61.1 Å². The van der Waals surface area contributed by atoms with Crippen LogP contribution in [0.25, 0.3) is 0 Å². The van der Waals surface area contributed by atoms with E-state index < -0.39 is 11.9 Å². The summed E-state index contributed by atoms with van der Waals surface area (Å²) < 4.78 is 0. The molecule has 1 aliphatic rings. The molecule has 1 aromatic carbocycles. The number of rotatable bonds is 4. The van der Waals surface area contributed by atoms with Gasteiger partial charge < -0.3 is 20.4 Å². The molecule has 0 saturated heterocycles. The zero-order valence-electron chi connectivity index (χ0n) is 12.2. The average Bonchev–Trinajstić information content (AvgIpc) is 2.55. The standard InChI is InChI=1S/C8H6O4.C8H14O2/c9-7(10)5-1-2-6(4-3-5)8(11)12;9-5-7-3-1-2-4-8(7)6-10/h1-4H,(H,9,10)(H,11,12);9-10H,1-6H2. The summed E-state index contributed by atoms with van der Waals surface area (Å²) in [6.07, 6.45) is 4.29. The molecule has 0 spiro atoms. The van der Waals surface area contributed by atoms with Crippen molar-refractivity contribution in [1.82, 2.24) is 0 Å². The second-order valence-corrected chi connectivity index (χ2v) is 4.92. The Morgan fingerprint density at radius 2 is 1.09 bits per heavy atom. The van der Waals surface area contributed by atoms with Crippen molar-refractivity contribution in [3.8, 4) is 0 Å². The molecule has 0 aliphatic heterocycles. The van der Waals surface area contributed by atoms with Gasteiger partial charge in [0.1, 0.15) is 0 Å². The van der Waals surface area contributed by atoms with Gasteiger partial charge in [-0.15, -0.1) is 0 Å². The smallest absolute Gasteiger partial charge is 0.335 e. The highest BCUT2D eigenvalue weighted by molar-refractivity contribution is 5.91.